The Morgan fingerprint density at radius 3 is 2.53 bits per heavy atom. The summed E-state index contributed by atoms with van der Waals surface area (Å²) in [6.07, 6.45) is 2.73. The number of oxazole rings is 2. The normalized spacial score (nSPS) is 17.9. The van der Waals surface area contributed by atoms with E-state index in [-0.39, 0.29) is 73.4 Å². The highest BCUT2D eigenvalue weighted by atomic mass is 35.5. The molecule has 238 valence electrons. The number of carbonyl (C=O) groups excluding carboxylic acids is 4. The molecule has 4 bridgehead atoms. The SMILES string of the molecule is CC(C)[C@@H]1NC(=O)CN(C(=O)c2coc(CN)n2)CCNC(=O)c2coc(n2)[C@H](Cc2ccccc2)NC(=O)c2csc1n2.Cl. The van der Waals surface area contributed by atoms with Crippen molar-refractivity contribution < 1.29 is 28.0 Å². The number of nitrogens with two attached hydrogens (primary N) is 1. The number of fused-ring (bicyclic) bond motifs is 4. The molecule has 14 nitrogen and oxygen atoms in total. The number of halogens is 1. The van der Waals surface area contributed by atoms with Crippen LogP contribution in [0.1, 0.15) is 79.7 Å². The molecular formula is C29H33ClN8O6S. The zero-order valence-electron chi connectivity index (χ0n) is 24.5. The van der Waals surface area contributed by atoms with Crippen LogP contribution >= 0.6 is 23.7 Å². The molecule has 0 saturated heterocycles. The Hall–Kier alpha value is -4.60. The number of amides is 4. The average molecular weight is 657 g/mol. The average Bonchev–Trinajstić information content (AvgIpc) is 3.80. The summed E-state index contributed by atoms with van der Waals surface area (Å²) < 4.78 is 10.9. The maximum atomic E-state index is 13.4. The highest BCUT2D eigenvalue weighted by molar-refractivity contribution is 7.09. The van der Waals surface area contributed by atoms with Gasteiger partial charge in [-0.2, -0.15) is 0 Å². The molecule has 1 aromatic carbocycles. The van der Waals surface area contributed by atoms with Crippen molar-refractivity contribution in [3.8, 4) is 0 Å². The third-order valence-corrected chi connectivity index (χ3v) is 7.81. The fraction of sp³-hybridized carbons (Fsp3) is 0.345. The van der Waals surface area contributed by atoms with E-state index >= 15 is 0 Å². The predicted molar refractivity (Wildman–Crippen MR) is 165 cm³/mol. The van der Waals surface area contributed by atoms with Crippen molar-refractivity contribution in [1.82, 2.24) is 35.8 Å². The molecule has 0 unspecified atom stereocenters. The standard InChI is InChI=1S/C29H32N8O6S.ClH/c1-16(2)24-28-35-21(15-44-28)26(40)33-18(10-17-6-4-3-5-7-17)27-34-19(13-43-27)25(39)31-8-9-37(12-22(38)36-24)29(41)20-14-42-23(11-30)32-20;/h3-7,13-16,18,24H,8-12,30H2,1-2H3,(H,31,39)(H,33,40)(H,36,38);1H/t18-,24-;/m0./s1. The summed E-state index contributed by atoms with van der Waals surface area (Å²) in [7, 11) is 0. The highest BCUT2D eigenvalue weighted by Gasteiger charge is 2.29. The van der Waals surface area contributed by atoms with E-state index < -0.39 is 35.7 Å². The van der Waals surface area contributed by atoms with Gasteiger partial charge in [0.25, 0.3) is 17.7 Å². The Morgan fingerprint density at radius 1 is 1.04 bits per heavy atom. The number of hydrogen-bond donors (Lipinski definition) is 4. The van der Waals surface area contributed by atoms with Gasteiger partial charge >= 0.3 is 0 Å². The van der Waals surface area contributed by atoms with E-state index in [1.54, 1.807) is 5.38 Å². The van der Waals surface area contributed by atoms with E-state index in [4.69, 9.17) is 14.6 Å². The molecule has 0 spiro atoms. The minimum Gasteiger partial charge on any atom is -0.447 e. The molecule has 45 heavy (non-hydrogen) atoms. The van der Waals surface area contributed by atoms with Crippen LogP contribution in [0.2, 0.25) is 0 Å². The Morgan fingerprint density at radius 2 is 1.82 bits per heavy atom. The molecule has 5 rings (SSSR count). The Labute approximate surface area is 268 Å². The number of aromatic nitrogens is 3. The first kappa shape index (κ1) is 33.3. The summed E-state index contributed by atoms with van der Waals surface area (Å²) in [4.78, 5) is 67.1. The molecule has 2 atom stereocenters. The van der Waals surface area contributed by atoms with Crippen LogP contribution in [0.5, 0.6) is 0 Å². The van der Waals surface area contributed by atoms with Crippen molar-refractivity contribution in [2.75, 3.05) is 19.6 Å². The van der Waals surface area contributed by atoms with Crippen LogP contribution in [-0.4, -0.2) is 63.1 Å². The lowest BCUT2D eigenvalue weighted by Gasteiger charge is -2.25. The Balaban J connectivity index is 0.00000461. The van der Waals surface area contributed by atoms with Crippen molar-refractivity contribution in [2.45, 2.75) is 38.9 Å². The van der Waals surface area contributed by atoms with Crippen LogP contribution < -0.4 is 21.7 Å². The number of hydrogen-bond acceptors (Lipinski definition) is 11. The van der Waals surface area contributed by atoms with Gasteiger partial charge in [0.15, 0.2) is 11.4 Å². The third-order valence-electron chi connectivity index (χ3n) is 6.88. The van der Waals surface area contributed by atoms with E-state index in [1.807, 2.05) is 44.2 Å². The second-order valence-corrected chi connectivity index (χ2v) is 11.3. The van der Waals surface area contributed by atoms with Crippen LogP contribution in [0.3, 0.4) is 0 Å². The number of carbonyl (C=O) groups is 4. The maximum Gasteiger partial charge on any atom is 0.276 e. The molecule has 4 amide bonds. The molecule has 0 saturated carbocycles. The van der Waals surface area contributed by atoms with Crippen molar-refractivity contribution in [1.29, 1.82) is 0 Å². The lowest BCUT2D eigenvalue weighted by atomic mass is 10.0. The zero-order valence-corrected chi connectivity index (χ0v) is 26.2. The minimum atomic E-state index is -0.704. The second-order valence-electron chi connectivity index (χ2n) is 10.5. The van der Waals surface area contributed by atoms with E-state index in [1.165, 1.54) is 28.8 Å². The topological polar surface area (TPSA) is 199 Å². The van der Waals surface area contributed by atoms with Crippen molar-refractivity contribution in [2.24, 2.45) is 11.7 Å². The van der Waals surface area contributed by atoms with Gasteiger partial charge in [-0.15, -0.1) is 23.7 Å². The van der Waals surface area contributed by atoms with Gasteiger partial charge in [0.2, 0.25) is 17.7 Å². The van der Waals surface area contributed by atoms with Gasteiger partial charge in [-0.1, -0.05) is 44.2 Å². The lowest BCUT2D eigenvalue weighted by molar-refractivity contribution is -0.122. The second kappa shape index (κ2) is 14.9. The monoisotopic (exact) mass is 656 g/mol. The molecule has 1 aliphatic rings. The third kappa shape index (κ3) is 8.12. The smallest absolute Gasteiger partial charge is 0.276 e. The molecule has 4 heterocycles. The van der Waals surface area contributed by atoms with Crippen LogP contribution in [0.25, 0.3) is 0 Å². The van der Waals surface area contributed by atoms with E-state index in [2.05, 4.69) is 30.9 Å². The molecule has 0 aliphatic carbocycles. The fourth-order valence-electron chi connectivity index (χ4n) is 4.59. The molecule has 16 heteroatoms. The summed E-state index contributed by atoms with van der Waals surface area (Å²) in [5.74, 6) is -1.83. The number of nitrogens with zero attached hydrogens (tertiary/aromatic N) is 4. The molecule has 0 fully saturated rings. The number of benzene rings is 1. The summed E-state index contributed by atoms with van der Waals surface area (Å²) in [5.41, 5.74) is 6.61. The van der Waals surface area contributed by atoms with Gasteiger partial charge in [-0.3, -0.25) is 19.2 Å². The molecule has 4 aromatic rings. The summed E-state index contributed by atoms with van der Waals surface area (Å²) in [6.45, 7) is 3.46. The number of thiazole rings is 1. The predicted octanol–water partition coefficient (Wildman–Crippen LogP) is 2.41. The molecule has 3 aromatic heterocycles. The largest absolute Gasteiger partial charge is 0.447 e. The van der Waals surface area contributed by atoms with Crippen LogP contribution in [0.4, 0.5) is 0 Å². The summed E-state index contributed by atoms with van der Waals surface area (Å²) >= 11 is 1.24. The van der Waals surface area contributed by atoms with Gasteiger partial charge < -0.3 is 35.4 Å². The molecule has 1 aliphatic heterocycles. The minimum absolute atomic E-state index is 0. The Kier molecular flexibility index (Phi) is 11.0. The van der Waals surface area contributed by atoms with Gasteiger partial charge in [-0.25, -0.2) is 15.0 Å². The van der Waals surface area contributed by atoms with Gasteiger partial charge in [-0.05, 0) is 11.5 Å². The zero-order chi connectivity index (χ0) is 31.2. The molecule has 5 N–H and O–H groups in total. The van der Waals surface area contributed by atoms with E-state index in [9.17, 15) is 19.2 Å². The number of rotatable bonds is 5. The van der Waals surface area contributed by atoms with Gasteiger partial charge in [0, 0.05) is 24.9 Å². The van der Waals surface area contributed by atoms with Crippen LogP contribution in [0.15, 0.2) is 57.1 Å². The highest BCUT2D eigenvalue weighted by Crippen LogP contribution is 2.26. The lowest BCUT2D eigenvalue weighted by Crippen LogP contribution is -2.45. The Bertz CT molecular complexity index is 1640. The van der Waals surface area contributed by atoms with E-state index in [0.29, 0.717) is 11.4 Å². The fourth-order valence-corrected chi connectivity index (χ4v) is 5.61. The molecule has 0 radical (unpaired) electrons. The maximum absolute atomic E-state index is 13.4. The van der Waals surface area contributed by atoms with Gasteiger partial charge in [0.05, 0.1) is 19.1 Å². The first-order valence-corrected chi connectivity index (χ1v) is 14.9. The van der Waals surface area contributed by atoms with E-state index in [0.717, 1.165) is 5.56 Å². The number of nitrogens with one attached hydrogen (secondary N) is 3. The van der Waals surface area contributed by atoms with Crippen LogP contribution in [-0.2, 0) is 17.8 Å². The van der Waals surface area contributed by atoms with Crippen molar-refractivity contribution in [3.05, 3.63) is 87.7 Å². The summed E-state index contributed by atoms with van der Waals surface area (Å²) in [6, 6.07) is 8.24. The first-order chi connectivity index (χ1) is 21.2. The van der Waals surface area contributed by atoms with Crippen molar-refractivity contribution >= 4 is 47.4 Å². The van der Waals surface area contributed by atoms with Crippen molar-refractivity contribution in [3.63, 3.8) is 0 Å². The molecular weight excluding hydrogens is 624 g/mol. The van der Waals surface area contributed by atoms with Crippen LogP contribution in [0, 0.1) is 5.92 Å². The summed E-state index contributed by atoms with van der Waals surface area (Å²) in [5, 5.41) is 10.7. The first-order valence-electron chi connectivity index (χ1n) is 14.0. The quantitative estimate of drug-likeness (QED) is 0.247. The van der Waals surface area contributed by atoms with Gasteiger partial charge in [0.1, 0.15) is 29.3 Å².